The van der Waals surface area contributed by atoms with Crippen molar-refractivity contribution in [2.75, 3.05) is 26.2 Å². The molecule has 2 bridgehead atoms. The highest BCUT2D eigenvalue weighted by Gasteiger charge is 2.53. The maximum Gasteiger partial charge on any atom is 0.0214 e. The van der Waals surface area contributed by atoms with Gasteiger partial charge in [0.15, 0.2) is 0 Å². The van der Waals surface area contributed by atoms with E-state index in [2.05, 4.69) is 85.1 Å². The minimum Gasteiger partial charge on any atom is -0.315 e. The first-order valence-corrected chi connectivity index (χ1v) is 11.2. The van der Waals surface area contributed by atoms with Crippen LogP contribution in [0.4, 0.5) is 0 Å². The van der Waals surface area contributed by atoms with Gasteiger partial charge in [0.2, 0.25) is 0 Å². The van der Waals surface area contributed by atoms with Crippen LogP contribution in [0.25, 0.3) is 0 Å². The van der Waals surface area contributed by atoms with E-state index in [1.165, 1.54) is 36.9 Å². The summed E-state index contributed by atoms with van der Waals surface area (Å²) in [6.45, 7) is 9.25. The fraction of sp³-hybridized carbons (Fsp3) is 0.538. The van der Waals surface area contributed by atoms with E-state index in [-0.39, 0.29) is 0 Å². The van der Waals surface area contributed by atoms with E-state index in [1.807, 2.05) is 0 Å². The van der Waals surface area contributed by atoms with Crippen LogP contribution in [-0.4, -0.2) is 26.2 Å². The molecule has 0 aliphatic heterocycles. The molecule has 150 valence electrons. The lowest BCUT2D eigenvalue weighted by atomic mass is 9.45. The predicted octanol–water partition coefficient (Wildman–Crippen LogP) is 5.07. The summed E-state index contributed by atoms with van der Waals surface area (Å²) < 4.78 is 0. The fourth-order valence-corrected chi connectivity index (χ4v) is 5.72. The van der Waals surface area contributed by atoms with Gasteiger partial charge in [-0.15, -0.1) is 0 Å². The van der Waals surface area contributed by atoms with Crippen molar-refractivity contribution < 1.29 is 0 Å². The van der Waals surface area contributed by atoms with E-state index in [9.17, 15) is 0 Å². The van der Waals surface area contributed by atoms with Gasteiger partial charge in [-0.3, -0.25) is 0 Å². The number of fused-ring (bicyclic) bond motifs is 2. The van der Waals surface area contributed by atoms with E-state index in [0.29, 0.717) is 11.3 Å². The molecule has 3 saturated carbocycles. The number of nitrogens with one attached hydrogen (secondary N) is 2. The molecule has 5 rings (SSSR count). The first kappa shape index (κ1) is 19.7. The third kappa shape index (κ3) is 4.18. The van der Waals surface area contributed by atoms with Gasteiger partial charge in [-0.25, -0.2) is 0 Å². The Morgan fingerprint density at radius 2 is 1.46 bits per heavy atom. The quantitative estimate of drug-likeness (QED) is 0.597. The molecule has 3 aliphatic rings. The van der Waals surface area contributed by atoms with Crippen molar-refractivity contribution in [3.63, 3.8) is 0 Å². The predicted molar refractivity (Wildman–Crippen MR) is 119 cm³/mol. The van der Waals surface area contributed by atoms with Crippen LogP contribution in [-0.2, 0) is 0 Å². The van der Waals surface area contributed by atoms with Crippen molar-refractivity contribution in [3.05, 3.63) is 71.8 Å². The highest BCUT2D eigenvalue weighted by Crippen LogP contribution is 2.61. The van der Waals surface area contributed by atoms with Crippen LogP contribution in [0.2, 0.25) is 0 Å². The summed E-state index contributed by atoms with van der Waals surface area (Å²) in [6.07, 6.45) is 4.36. The maximum absolute atomic E-state index is 3.74. The number of benzene rings is 2. The molecule has 0 amide bonds. The molecule has 2 nitrogen and oxygen atoms in total. The van der Waals surface area contributed by atoms with E-state index in [0.717, 1.165) is 37.4 Å². The molecule has 0 spiro atoms. The monoisotopic (exact) mass is 376 g/mol. The van der Waals surface area contributed by atoms with Gasteiger partial charge in [0, 0.05) is 25.6 Å². The molecule has 2 N–H and O–H groups in total. The summed E-state index contributed by atoms with van der Waals surface area (Å²) in [6, 6.07) is 21.7. The molecule has 0 radical (unpaired) electrons. The summed E-state index contributed by atoms with van der Waals surface area (Å²) in [7, 11) is 0. The molecule has 2 heteroatoms. The molecule has 3 atom stereocenters. The number of hydrogen-bond donors (Lipinski definition) is 2. The Morgan fingerprint density at radius 1 is 0.857 bits per heavy atom. The Bertz CT molecular complexity index is 683. The van der Waals surface area contributed by atoms with Gasteiger partial charge in [0.25, 0.3) is 0 Å². The summed E-state index contributed by atoms with van der Waals surface area (Å²) in [4.78, 5) is 0. The van der Waals surface area contributed by atoms with Crippen molar-refractivity contribution in [1.29, 1.82) is 0 Å². The summed E-state index contributed by atoms with van der Waals surface area (Å²) in [5.41, 5.74) is 3.37. The van der Waals surface area contributed by atoms with Gasteiger partial charge in [0.05, 0.1) is 0 Å². The van der Waals surface area contributed by atoms with Gasteiger partial charge < -0.3 is 10.6 Å². The van der Waals surface area contributed by atoms with Crippen LogP contribution < -0.4 is 10.6 Å². The molecule has 1 unspecified atom stereocenters. The van der Waals surface area contributed by atoms with Crippen molar-refractivity contribution in [1.82, 2.24) is 10.6 Å². The Labute approximate surface area is 171 Å². The van der Waals surface area contributed by atoms with E-state index in [1.54, 1.807) is 0 Å². The molecule has 28 heavy (non-hydrogen) atoms. The standard InChI is InChI=1S/C26H36N2/c1-26(2)23-14-13-22(25(26)17-23)18-27-15-16-28-19-24(20-9-5-3-6-10-20)21-11-7-4-8-12-21/h3-12,22-25,27-28H,13-19H2,1-2H3/t22-,23-,25?/m0/s1. The van der Waals surface area contributed by atoms with Crippen molar-refractivity contribution in [2.45, 2.75) is 39.0 Å². The second-order valence-corrected chi connectivity index (χ2v) is 9.48. The average Bonchev–Trinajstić information content (AvgIpc) is 2.74. The summed E-state index contributed by atoms with van der Waals surface area (Å²) in [5, 5.41) is 7.43. The fourth-order valence-electron chi connectivity index (χ4n) is 5.72. The van der Waals surface area contributed by atoms with E-state index in [4.69, 9.17) is 0 Å². The van der Waals surface area contributed by atoms with Gasteiger partial charge >= 0.3 is 0 Å². The van der Waals surface area contributed by atoms with Crippen LogP contribution in [0.15, 0.2) is 60.7 Å². The zero-order chi connectivity index (χ0) is 19.4. The molecule has 3 aliphatic carbocycles. The normalized spacial score (nSPS) is 25.5. The lowest BCUT2D eigenvalue weighted by molar-refractivity contribution is -0.103. The number of hydrogen-bond acceptors (Lipinski definition) is 2. The minimum absolute atomic E-state index is 0.411. The van der Waals surface area contributed by atoms with Crippen molar-refractivity contribution >= 4 is 0 Å². The second-order valence-electron chi connectivity index (χ2n) is 9.48. The van der Waals surface area contributed by atoms with Crippen LogP contribution in [0.5, 0.6) is 0 Å². The molecule has 2 aromatic carbocycles. The lowest BCUT2D eigenvalue weighted by Crippen LogP contribution is -2.54. The minimum atomic E-state index is 0.411. The summed E-state index contributed by atoms with van der Waals surface area (Å²) >= 11 is 0. The first-order valence-electron chi connectivity index (χ1n) is 11.2. The van der Waals surface area contributed by atoms with Crippen LogP contribution in [0.3, 0.4) is 0 Å². The lowest BCUT2D eigenvalue weighted by Gasteiger charge is -2.60. The third-order valence-electron chi connectivity index (χ3n) is 7.64. The van der Waals surface area contributed by atoms with Crippen LogP contribution in [0, 0.1) is 23.2 Å². The Hall–Kier alpha value is -1.64. The molecular weight excluding hydrogens is 340 g/mol. The Morgan fingerprint density at radius 3 is 2.04 bits per heavy atom. The molecule has 3 fully saturated rings. The maximum atomic E-state index is 3.74. The third-order valence-corrected chi connectivity index (χ3v) is 7.64. The van der Waals surface area contributed by atoms with Crippen molar-refractivity contribution in [2.24, 2.45) is 23.2 Å². The van der Waals surface area contributed by atoms with Crippen molar-refractivity contribution in [3.8, 4) is 0 Å². The van der Waals surface area contributed by atoms with E-state index < -0.39 is 0 Å². The van der Waals surface area contributed by atoms with Gasteiger partial charge in [0.1, 0.15) is 0 Å². The first-order chi connectivity index (χ1) is 13.7. The zero-order valence-corrected chi connectivity index (χ0v) is 17.5. The van der Waals surface area contributed by atoms with Crippen LogP contribution in [0.1, 0.15) is 50.2 Å². The SMILES string of the molecule is CC1(C)C2C[C@@H]1CC[C@H]2CNCCNCC(c1ccccc1)c1ccccc1. The largest absolute Gasteiger partial charge is 0.315 e. The molecule has 2 aromatic rings. The average molecular weight is 377 g/mol. The topological polar surface area (TPSA) is 24.1 Å². The second kappa shape index (κ2) is 8.80. The van der Waals surface area contributed by atoms with Gasteiger partial charge in [-0.2, -0.15) is 0 Å². The van der Waals surface area contributed by atoms with Gasteiger partial charge in [-0.05, 0) is 60.1 Å². The summed E-state index contributed by atoms with van der Waals surface area (Å²) in [5.74, 6) is 3.26. The highest BCUT2D eigenvalue weighted by atomic mass is 14.9. The zero-order valence-electron chi connectivity index (χ0n) is 17.5. The van der Waals surface area contributed by atoms with Crippen LogP contribution >= 0.6 is 0 Å². The highest BCUT2D eigenvalue weighted by molar-refractivity contribution is 5.32. The molecular formula is C26H36N2. The Kier molecular flexibility index (Phi) is 6.18. The van der Waals surface area contributed by atoms with E-state index >= 15 is 0 Å². The smallest absolute Gasteiger partial charge is 0.0214 e. The molecule has 0 heterocycles. The molecule has 0 saturated heterocycles. The molecule has 0 aromatic heterocycles. The number of rotatable bonds is 9. The Balaban J connectivity index is 1.22. The van der Waals surface area contributed by atoms with Gasteiger partial charge in [-0.1, -0.05) is 74.5 Å².